The van der Waals surface area contributed by atoms with Crippen molar-refractivity contribution in [3.63, 3.8) is 0 Å². The summed E-state index contributed by atoms with van der Waals surface area (Å²) >= 11 is 0. The zero-order valence-corrected chi connectivity index (χ0v) is 9.69. The van der Waals surface area contributed by atoms with E-state index >= 15 is 0 Å². The van der Waals surface area contributed by atoms with Gasteiger partial charge in [-0.05, 0) is 26.3 Å². The van der Waals surface area contributed by atoms with Gasteiger partial charge in [-0.25, -0.2) is 0 Å². The molecule has 3 nitrogen and oxygen atoms in total. The van der Waals surface area contributed by atoms with Crippen molar-refractivity contribution in [3.05, 3.63) is 33.7 Å². The first-order valence-electron chi connectivity index (χ1n) is 5.17. The van der Waals surface area contributed by atoms with Crippen molar-refractivity contribution in [1.29, 1.82) is 0 Å². The molecule has 2 rings (SSSR count). The second kappa shape index (κ2) is 5.33. The first kappa shape index (κ1) is 12.3. The molecule has 1 atom stereocenters. The second-order valence-electron chi connectivity index (χ2n) is 4.00. The number of rotatable bonds is 1. The number of aromatic nitrogens is 1. The van der Waals surface area contributed by atoms with E-state index in [1.165, 1.54) is 12.8 Å². The van der Waals surface area contributed by atoms with Gasteiger partial charge >= 0.3 is 0 Å². The van der Waals surface area contributed by atoms with Gasteiger partial charge in [-0.3, -0.25) is 4.79 Å². The largest absolute Gasteiger partial charge is 0.362 e. The van der Waals surface area contributed by atoms with E-state index in [2.05, 4.69) is 10.3 Å². The van der Waals surface area contributed by atoms with Crippen LogP contribution in [0.25, 0.3) is 0 Å². The Kier molecular flexibility index (Phi) is 4.36. The third-order valence-corrected chi connectivity index (χ3v) is 2.73. The summed E-state index contributed by atoms with van der Waals surface area (Å²) in [5.41, 5.74) is 2.15. The zero-order valence-electron chi connectivity index (χ0n) is 8.88. The van der Waals surface area contributed by atoms with Crippen LogP contribution < -0.4 is 10.7 Å². The highest BCUT2D eigenvalue weighted by Crippen LogP contribution is 2.20. The fraction of sp³-hybridized carbons (Fsp3) is 0.545. The predicted octanol–water partition coefficient (Wildman–Crippen LogP) is 1.57. The highest BCUT2D eigenvalue weighted by Gasteiger charge is 2.15. The van der Waals surface area contributed by atoms with E-state index in [4.69, 9.17) is 0 Å². The Bertz CT molecular complexity index is 369. The molecule has 0 saturated carbocycles. The van der Waals surface area contributed by atoms with Crippen molar-refractivity contribution in [3.8, 4) is 0 Å². The summed E-state index contributed by atoms with van der Waals surface area (Å²) in [5, 5.41) is 3.35. The molecule has 1 unspecified atom stereocenters. The van der Waals surface area contributed by atoms with Gasteiger partial charge in [0.25, 0.3) is 0 Å². The van der Waals surface area contributed by atoms with Crippen LogP contribution in [0.1, 0.15) is 30.1 Å². The quantitative estimate of drug-likeness (QED) is 0.767. The summed E-state index contributed by atoms with van der Waals surface area (Å²) in [7, 11) is 0. The summed E-state index contributed by atoms with van der Waals surface area (Å²) in [5.74, 6) is 0.483. The van der Waals surface area contributed by atoms with Crippen molar-refractivity contribution in [1.82, 2.24) is 10.3 Å². The highest BCUT2D eigenvalue weighted by molar-refractivity contribution is 5.85. The van der Waals surface area contributed by atoms with E-state index in [1.807, 2.05) is 6.92 Å². The van der Waals surface area contributed by atoms with Crippen LogP contribution in [0.15, 0.2) is 16.9 Å². The Hall–Kier alpha value is -0.800. The van der Waals surface area contributed by atoms with Crippen LogP contribution in [-0.4, -0.2) is 18.1 Å². The van der Waals surface area contributed by atoms with Crippen molar-refractivity contribution < 1.29 is 0 Å². The summed E-state index contributed by atoms with van der Waals surface area (Å²) in [4.78, 5) is 14.6. The fourth-order valence-electron chi connectivity index (χ4n) is 2.05. The van der Waals surface area contributed by atoms with Crippen LogP contribution >= 0.6 is 12.4 Å². The molecule has 84 valence electrons. The molecular weight excluding hydrogens is 212 g/mol. The number of nitrogens with one attached hydrogen (secondary N) is 2. The maximum absolute atomic E-state index is 11.3. The van der Waals surface area contributed by atoms with Crippen molar-refractivity contribution in [2.24, 2.45) is 0 Å². The van der Waals surface area contributed by atoms with Gasteiger partial charge in [0.2, 0.25) is 0 Å². The van der Waals surface area contributed by atoms with Crippen LogP contribution in [0.4, 0.5) is 0 Å². The molecule has 0 bridgehead atoms. The zero-order chi connectivity index (χ0) is 9.97. The van der Waals surface area contributed by atoms with Crippen molar-refractivity contribution in [2.75, 3.05) is 13.1 Å². The molecule has 1 aromatic rings. The molecule has 0 amide bonds. The third kappa shape index (κ3) is 3.08. The molecule has 15 heavy (non-hydrogen) atoms. The minimum atomic E-state index is 0. The van der Waals surface area contributed by atoms with Gasteiger partial charge in [-0.15, -0.1) is 12.4 Å². The van der Waals surface area contributed by atoms with Gasteiger partial charge in [-0.2, -0.15) is 0 Å². The van der Waals surface area contributed by atoms with Crippen molar-refractivity contribution in [2.45, 2.75) is 25.7 Å². The Morgan fingerprint density at radius 2 is 2.20 bits per heavy atom. The van der Waals surface area contributed by atoms with E-state index in [0.29, 0.717) is 5.92 Å². The number of hydrogen-bond acceptors (Lipinski definition) is 2. The fourth-order valence-corrected chi connectivity index (χ4v) is 2.05. The Balaban J connectivity index is 0.00000112. The lowest BCUT2D eigenvalue weighted by Crippen LogP contribution is -2.29. The van der Waals surface area contributed by atoms with Gasteiger partial charge in [0.15, 0.2) is 5.43 Å². The monoisotopic (exact) mass is 228 g/mol. The van der Waals surface area contributed by atoms with E-state index in [-0.39, 0.29) is 17.8 Å². The lowest BCUT2D eigenvalue weighted by atomic mass is 9.95. The summed E-state index contributed by atoms with van der Waals surface area (Å²) < 4.78 is 0. The first-order chi connectivity index (χ1) is 6.75. The smallest absolute Gasteiger partial charge is 0.182 e. The molecule has 0 aliphatic carbocycles. The molecule has 1 aliphatic heterocycles. The maximum atomic E-state index is 11.3. The number of pyridine rings is 1. The lowest BCUT2D eigenvalue weighted by Gasteiger charge is -2.22. The number of aromatic amines is 1. The Morgan fingerprint density at radius 1 is 1.40 bits per heavy atom. The minimum Gasteiger partial charge on any atom is -0.362 e. The molecule has 0 radical (unpaired) electrons. The van der Waals surface area contributed by atoms with Crippen LogP contribution in [0.5, 0.6) is 0 Å². The molecule has 1 aliphatic rings. The molecule has 2 N–H and O–H groups in total. The molecule has 1 aromatic heterocycles. The number of halogens is 1. The second-order valence-corrected chi connectivity index (χ2v) is 4.00. The molecule has 0 aromatic carbocycles. The van der Waals surface area contributed by atoms with Crippen molar-refractivity contribution >= 4 is 12.4 Å². The standard InChI is InChI=1S/C11H16N2O.ClH/c1-8-5-10(14)6-11(13-8)9-3-2-4-12-7-9;/h5-6,9,12H,2-4,7H2,1H3,(H,13,14);1H. The molecule has 2 heterocycles. The average Bonchev–Trinajstić information content (AvgIpc) is 2.18. The van der Waals surface area contributed by atoms with E-state index in [0.717, 1.165) is 24.5 Å². The lowest BCUT2D eigenvalue weighted by molar-refractivity contribution is 0.454. The van der Waals surface area contributed by atoms with Gasteiger partial charge in [0.1, 0.15) is 0 Å². The maximum Gasteiger partial charge on any atom is 0.182 e. The van der Waals surface area contributed by atoms with Gasteiger partial charge < -0.3 is 10.3 Å². The average molecular weight is 229 g/mol. The number of H-pyrrole nitrogens is 1. The minimum absolute atomic E-state index is 0. The summed E-state index contributed by atoms with van der Waals surface area (Å²) in [6, 6.07) is 3.37. The molecule has 0 spiro atoms. The summed E-state index contributed by atoms with van der Waals surface area (Å²) in [6.07, 6.45) is 2.37. The Morgan fingerprint density at radius 3 is 2.80 bits per heavy atom. The SMILES string of the molecule is Cc1cc(=O)cc(C2CCCNC2)[nH]1.Cl. The number of piperidine rings is 1. The van der Waals surface area contributed by atoms with Crippen LogP contribution in [0.3, 0.4) is 0 Å². The van der Waals surface area contributed by atoms with E-state index in [1.54, 1.807) is 12.1 Å². The van der Waals surface area contributed by atoms with Crippen LogP contribution in [0, 0.1) is 6.92 Å². The normalized spacial score (nSPS) is 20.7. The molecular formula is C11H17ClN2O. The Labute approximate surface area is 95.7 Å². The van der Waals surface area contributed by atoms with Gasteiger partial charge in [0.05, 0.1) is 0 Å². The topological polar surface area (TPSA) is 44.9 Å². The first-order valence-corrected chi connectivity index (χ1v) is 5.17. The number of aryl methyl sites for hydroxylation is 1. The van der Waals surface area contributed by atoms with Crippen LogP contribution in [-0.2, 0) is 0 Å². The van der Waals surface area contributed by atoms with Gasteiger partial charge in [-0.1, -0.05) is 0 Å². The molecule has 4 heteroatoms. The van der Waals surface area contributed by atoms with E-state index in [9.17, 15) is 4.79 Å². The highest BCUT2D eigenvalue weighted by atomic mass is 35.5. The number of hydrogen-bond donors (Lipinski definition) is 2. The van der Waals surface area contributed by atoms with E-state index < -0.39 is 0 Å². The molecule has 1 saturated heterocycles. The predicted molar refractivity (Wildman–Crippen MR) is 63.9 cm³/mol. The summed E-state index contributed by atoms with van der Waals surface area (Å²) in [6.45, 7) is 4.02. The van der Waals surface area contributed by atoms with Crippen LogP contribution in [0.2, 0.25) is 0 Å². The molecule has 1 fully saturated rings. The third-order valence-electron chi connectivity index (χ3n) is 2.73. The van der Waals surface area contributed by atoms with Gasteiger partial charge in [0, 0.05) is 36.0 Å².